The Balaban J connectivity index is 1.96. The van der Waals surface area contributed by atoms with Crippen LogP contribution in [0.1, 0.15) is 32.3 Å². The van der Waals surface area contributed by atoms with Gasteiger partial charge in [0.15, 0.2) is 11.5 Å². The molecule has 1 N–H and O–H groups in total. The minimum Gasteiger partial charge on any atom is -0.493 e. The molecule has 0 saturated heterocycles. The summed E-state index contributed by atoms with van der Waals surface area (Å²) < 4.78 is 11.4. The largest absolute Gasteiger partial charge is 0.493 e. The summed E-state index contributed by atoms with van der Waals surface area (Å²) >= 11 is 0. The Morgan fingerprint density at radius 2 is 1.72 bits per heavy atom. The number of nitrogens with one attached hydrogen (secondary N) is 1. The second-order valence-electron chi connectivity index (χ2n) is 6.79. The highest BCUT2D eigenvalue weighted by Crippen LogP contribution is 2.30. The first-order chi connectivity index (χ1) is 14.2. The maximum atomic E-state index is 12.2. The molecule has 156 valence electrons. The first-order valence-corrected chi connectivity index (χ1v) is 10.2. The van der Waals surface area contributed by atoms with Crippen molar-refractivity contribution in [1.29, 1.82) is 0 Å². The van der Waals surface area contributed by atoms with Gasteiger partial charge in [0.25, 0.3) is 0 Å². The predicted octanol–water partition coefficient (Wildman–Crippen LogP) is 4.85. The lowest BCUT2D eigenvalue weighted by Gasteiger charge is -2.21. The zero-order chi connectivity index (χ0) is 20.9. The minimum absolute atomic E-state index is 0.193. The van der Waals surface area contributed by atoms with Gasteiger partial charge >= 0.3 is 0 Å². The summed E-state index contributed by atoms with van der Waals surface area (Å²) in [5.41, 5.74) is 1.65. The van der Waals surface area contributed by atoms with E-state index in [0.29, 0.717) is 23.8 Å². The summed E-state index contributed by atoms with van der Waals surface area (Å²) in [5, 5.41) is 2.87. The molecule has 0 aliphatic heterocycles. The highest BCUT2D eigenvalue weighted by molar-refractivity contribution is 6.02. The molecule has 0 aromatic heterocycles. The van der Waals surface area contributed by atoms with Crippen molar-refractivity contribution in [3.05, 3.63) is 60.2 Å². The van der Waals surface area contributed by atoms with Crippen LogP contribution < -0.4 is 14.8 Å². The van der Waals surface area contributed by atoms with E-state index >= 15 is 0 Å². The minimum atomic E-state index is -0.193. The molecule has 0 spiro atoms. The smallest absolute Gasteiger partial charge is 0.248 e. The molecular formula is C24H32N2O3. The Bertz CT molecular complexity index is 769. The van der Waals surface area contributed by atoms with Crippen LogP contribution in [0.25, 0.3) is 6.08 Å². The topological polar surface area (TPSA) is 50.8 Å². The van der Waals surface area contributed by atoms with Gasteiger partial charge in [-0.3, -0.25) is 9.69 Å². The molecule has 0 aliphatic carbocycles. The molecule has 0 fully saturated rings. The van der Waals surface area contributed by atoms with Gasteiger partial charge in [-0.15, -0.1) is 0 Å². The van der Waals surface area contributed by atoms with Crippen molar-refractivity contribution in [3.63, 3.8) is 0 Å². The van der Waals surface area contributed by atoms with E-state index in [1.165, 1.54) is 6.08 Å². The number of anilines is 1. The Kier molecular flexibility index (Phi) is 9.80. The number of nitrogens with zero attached hydrogens (tertiary/aromatic N) is 1. The molecule has 2 aromatic rings. The van der Waals surface area contributed by atoms with Gasteiger partial charge in [-0.1, -0.05) is 44.2 Å². The van der Waals surface area contributed by atoms with Crippen molar-refractivity contribution < 1.29 is 14.3 Å². The Morgan fingerprint density at radius 1 is 1.00 bits per heavy atom. The maximum absolute atomic E-state index is 12.2. The van der Waals surface area contributed by atoms with Gasteiger partial charge in [-0.25, -0.2) is 0 Å². The summed E-state index contributed by atoms with van der Waals surface area (Å²) in [6.45, 7) is 7.94. The lowest BCUT2D eigenvalue weighted by Crippen LogP contribution is -2.30. The monoisotopic (exact) mass is 396 g/mol. The van der Waals surface area contributed by atoms with E-state index in [2.05, 4.69) is 24.1 Å². The molecule has 2 rings (SSSR count). The number of benzene rings is 2. The molecule has 0 atom stereocenters. The Hall–Kier alpha value is -2.79. The number of rotatable bonds is 12. The fourth-order valence-corrected chi connectivity index (χ4v) is 3.04. The van der Waals surface area contributed by atoms with Gasteiger partial charge in [0, 0.05) is 24.4 Å². The van der Waals surface area contributed by atoms with Gasteiger partial charge in [-0.05, 0) is 49.7 Å². The van der Waals surface area contributed by atoms with Crippen molar-refractivity contribution in [2.24, 2.45) is 0 Å². The fourth-order valence-electron chi connectivity index (χ4n) is 3.04. The van der Waals surface area contributed by atoms with Gasteiger partial charge in [-0.2, -0.15) is 0 Å². The second kappa shape index (κ2) is 12.6. The first-order valence-electron chi connectivity index (χ1n) is 10.2. The molecule has 0 radical (unpaired) electrons. The Labute approximate surface area is 174 Å². The molecule has 0 heterocycles. The van der Waals surface area contributed by atoms with Crippen LogP contribution >= 0.6 is 0 Å². The zero-order valence-corrected chi connectivity index (χ0v) is 17.7. The molecule has 29 heavy (non-hydrogen) atoms. The van der Waals surface area contributed by atoms with E-state index in [1.807, 2.05) is 36.4 Å². The van der Waals surface area contributed by atoms with Crippen molar-refractivity contribution in [2.75, 3.05) is 38.7 Å². The molecule has 5 nitrogen and oxygen atoms in total. The van der Waals surface area contributed by atoms with Crippen molar-refractivity contribution in [2.45, 2.75) is 26.7 Å². The molecule has 2 aromatic carbocycles. The van der Waals surface area contributed by atoms with Crippen LogP contribution in [0.5, 0.6) is 11.5 Å². The maximum Gasteiger partial charge on any atom is 0.248 e. The van der Waals surface area contributed by atoms with E-state index in [9.17, 15) is 4.79 Å². The normalized spacial score (nSPS) is 11.0. The van der Waals surface area contributed by atoms with Crippen LogP contribution in [0.2, 0.25) is 0 Å². The van der Waals surface area contributed by atoms with Crippen molar-refractivity contribution in [3.8, 4) is 11.5 Å². The van der Waals surface area contributed by atoms with Crippen LogP contribution in [-0.2, 0) is 4.79 Å². The summed E-state index contributed by atoms with van der Waals surface area (Å²) in [5.74, 6) is 1.09. The first kappa shape index (κ1) is 22.5. The van der Waals surface area contributed by atoms with E-state index < -0.39 is 0 Å². The molecule has 1 amide bonds. The summed E-state index contributed by atoms with van der Waals surface area (Å²) in [6, 6.07) is 15.1. The fraction of sp³-hybridized carbons (Fsp3) is 0.375. The van der Waals surface area contributed by atoms with Gasteiger partial charge in [0.1, 0.15) is 6.61 Å². The lowest BCUT2D eigenvalue weighted by atomic mass is 10.2. The summed E-state index contributed by atoms with van der Waals surface area (Å²) in [4.78, 5) is 14.6. The van der Waals surface area contributed by atoms with E-state index in [1.54, 1.807) is 25.3 Å². The third-order valence-electron chi connectivity index (χ3n) is 4.40. The predicted molar refractivity (Wildman–Crippen MR) is 120 cm³/mol. The molecular weight excluding hydrogens is 364 g/mol. The number of amides is 1. The quantitative estimate of drug-likeness (QED) is 0.521. The molecule has 0 bridgehead atoms. The number of carbonyl (C=O) groups is 1. The standard InChI is InChI=1S/C24H32N2O3/c1-4-15-26(16-5-2)17-18-29-23-19-21(12-13-22(23)28-3)25-24(27)14-11-20-9-7-6-8-10-20/h6-14,19H,4-5,15-18H2,1-3H3,(H,25,27). The Morgan fingerprint density at radius 3 is 2.38 bits per heavy atom. The number of ether oxygens (including phenoxy) is 2. The molecule has 0 unspecified atom stereocenters. The number of hydrogen-bond donors (Lipinski definition) is 1. The number of methoxy groups -OCH3 is 1. The van der Waals surface area contributed by atoms with Crippen LogP contribution in [0.4, 0.5) is 5.69 Å². The van der Waals surface area contributed by atoms with Gasteiger partial charge < -0.3 is 14.8 Å². The van der Waals surface area contributed by atoms with Crippen molar-refractivity contribution >= 4 is 17.7 Å². The molecule has 0 aliphatic rings. The number of carbonyl (C=O) groups excluding carboxylic acids is 1. The SMILES string of the molecule is CCCN(CCC)CCOc1cc(NC(=O)C=Cc2ccccc2)ccc1OC. The van der Waals surface area contributed by atoms with Crippen LogP contribution in [-0.4, -0.2) is 44.2 Å². The van der Waals surface area contributed by atoms with Gasteiger partial charge in [0.05, 0.1) is 7.11 Å². The average Bonchev–Trinajstić information content (AvgIpc) is 2.73. The van der Waals surface area contributed by atoms with E-state index in [0.717, 1.165) is 38.0 Å². The molecule has 5 heteroatoms. The summed E-state index contributed by atoms with van der Waals surface area (Å²) in [7, 11) is 1.61. The van der Waals surface area contributed by atoms with E-state index in [-0.39, 0.29) is 5.91 Å². The highest BCUT2D eigenvalue weighted by Gasteiger charge is 2.09. The summed E-state index contributed by atoms with van der Waals surface area (Å²) in [6.07, 6.45) is 5.56. The highest BCUT2D eigenvalue weighted by atomic mass is 16.5. The zero-order valence-electron chi connectivity index (χ0n) is 17.7. The van der Waals surface area contributed by atoms with Crippen LogP contribution in [0.15, 0.2) is 54.6 Å². The lowest BCUT2D eigenvalue weighted by molar-refractivity contribution is -0.111. The average molecular weight is 397 g/mol. The third-order valence-corrected chi connectivity index (χ3v) is 4.40. The van der Waals surface area contributed by atoms with Gasteiger partial charge in [0.2, 0.25) is 5.91 Å². The molecule has 0 saturated carbocycles. The van der Waals surface area contributed by atoms with Crippen LogP contribution in [0.3, 0.4) is 0 Å². The number of hydrogen-bond acceptors (Lipinski definition) is 4. The second-order valence-corrected chi connectivity index (χ2v) is 6.79. The van der Waals surface area contributed by atoms with Crippen molar-refractivity contribution in [1.82, 2.24) is 4.90 Å². The van der Waals surface area contributed by atoms with E-state index in [4.69, 9.17) is 9.47 Å². The van der Waals surface area contributed by atoms with Crippen LogP contribution in [0, 0.1) is 0 Å². The third kappa shape index (κ3) is 8.00.